The molecule has 2 aromatic heterocycles. The van der Waals surface area contributed by atoms with E-state index in [1.165, 1.54) is 11.8 Å². The molecule has 0 amide bonds. The number of halogens is 2. The van der Waals surface area contributed by atoms with Crippen molar-refractivity contribution < 1.29 is 14.2 Å². The van der Waals surface area contributed by atoms with E-state index in [4.69, 9.17) is 37.4 Å². The first-order valence-corrected chi connectivity index (χ1v) is 12.1. The number of aromatic amines is 1. The first-order chi connectivity index (χ1) is 14.9. The number of nitrogens with one attached hydrogen (secondary N) is 1. The molecule has 1 aliphatic rings. The normalized spacial score (nSPS) is 20.4. The lowest BCUT2D eigenvalue weighted by Crippen LogP contribution is -2.48. The van der Waals surface area contributed by atoms with Crippen LogP contribution in [0.4, 0.5) is 0 Å². The number of rotatable bonds is 9. The SMILES string of the molecule is CO[C@@H](Cn1cc(-c2csc(=O)[nH]2)cn1)C(OC1COC1C)Sc1ccc(Cl)c(Cl)c1. The molecule has 0 aliphatic carbocycles. The van der Waals surface area contributed by atoms with Crippen molar-refractivity contribution in [2.75, 3.05) is 13.7 Å². The van der Waals surface area contributed by atoms with Gasteiger partial charge in [-0.2, -0.15) is 5.10 Å². The van der Waals surface area contributed by atoms with Gasteiger partial charge >= 0.3 is 4.87 Å². The number of hydrogen-bond acceptors (Lipinski definition) is 7. The van der Waals surface area contributed by atoms with Gasteiger partial charge in [-0.3, -0.25) is 9.48 Å². The summed E-state index contributed by atoms with van der Waals surface area (Å²) in [4.78, 5) is 15.1. The van der Waals surface area contributed by atoms with Crippen LogP contribution in [0.2, 0.25) is 10.0 Å². The van der Waals surface area contributed by atoms with Crippen molar-refractivity contribution in [2.24, 2.45) is 0 Å². The number of ether oxygens (including phenoxy) is 3. The summed E-state index contributed by atoms with van der Waals surface area (Å²) in [6.07, 6.45) is 3.30. The number of benzene rings is 1. The van der Waals surface area contributed by atoms with E-state index < -0.39 is 0 Å². The summed E-state index contributed by atoms with van der Waals surface area (Å²) >= 11 is 14.9. The molecule has 166 valence electrons. The number of thioether (sulfide) groups is 1. The van der Waals surface area contributed by atoms with Crippen LogP contribution in [0.1, 0.15) is 6.92 Å². The highest BCUT2D eigenvalue weighted by molar-refractivity contribution is 7.99. The molecule has 1 saturated heterocycles. The summed E-state index contributed by atoms with van der Waals surface area (Å²) in [5.74, 6) is 0. The second-order valence-corrected chi connectivity index (χ2v) is 9.89. The Kier molecular flexibility index (Phi) is 7.43. The number of hydrogen-bond donors (Lipinski definition) is 1. The fourth-order valence-corrected chi connectivity index (χ4v) is 5.14. The Hall–Kier alpha value is -1.33. The van der Waals surface area contributed by atoms with Crippen molar-refractivity contribution in [1.82, 2.24) is 14.8 Å². The minimum absolute atomic E-state index is 0.0120. The van der Waals surface area contributed by atoms with E-state index in [2.05, 4.69) is 10.1 Å². The molecule has 11 heteroatoms. The third-order valence-corrected chi connectivity index (χ3v) is 7.52. The smallest absolute Gasteiger partial charge is 0.304 e. The standard InChI is InChI=1S/C20H21Cl2N3O4S2/c1-11-18(9-28-11)29-19(31-13-3-4-14(21)15(22)5-13)17(27-2)8-25-7-12(6-23-25)16-10-30-20(26)24-16/h3-7,10-11,17-19H,8-9H2,1-2H3,(H,24,26)/t11?,17-,18?,19?/m0/s1. The number of aromatic nitrogens is 3. The molecule has 0 spiro atoms. The summed E-state index contributed by atoms with van der Waals surface area (Å²) in [6.45, 7) is 3.00. The molecule has 0 bridgehead atoms. The van der Waals surface area contributed by atoms with Crippen molar-refractivity contribution in [3.05, 3.63) is 55.7 Å². The van der Waals surface area contributed by atoms with Crippen molar-refractivity contribution in [1.29, 1.82) is 0 Å². The maximum atomic E-state index is 11.4. The zero-order valence-corrected chi connectivity index (χ0v) is 19.9. The van der Waals surface area contributed by atoms with E-state index >= 15 is 0 Å². The van der Waals surface area contributed by atoms with Crippen LogP contribution in [-0.2, 0) is 20.8 Å². The molecule has 3 unspecified atom stereocenters. The third-order valence-electron chi connectivity index (χ3n) is 4.94. The third kappa shape index (κ3) is 5.54. The highest BCUT2D eigenvalue weighted by Gasteiger charge is 2.35. The van der Waals surface area contributed by atoms with Crippen LogP contribution in [0.25, 0.3) is 11.3 Å². The van der Waals surface area contributed by atoms with Gasteiger partial charge in [0.1, 0.15) is 17.6 Å². The molecule has 31 heavy (non-hydrogen) atoms. The van der Waals surface area contributed by atoms with E-state index in [0.717, 1.165) is 27.5 Å². The average Bonchev–Trinajstić information content (AvgIpc) is 3.39. The second-order valence-electron chi connectivity index (χ2n) is 7.06. The van der Waals surface area contributed by atoms with Crippen LogP contribution >= 0.6 is 46.3 Å². The van der Waals surface area contributed by atoms with Crippen LogP contribution in [0.5, 0.6) is 0 Å². The molecular formula is C20H21Cl2N3O4S2. The number of nitrogens with zero attached hydrogens (tertiary/aromatic N) is 2. The Morgan fingerprint density at radius 2 is 2.26 bits per heavy atom. The molecule has 3 aromatic rings. The Labute approximate surface area is 197 Å². The van der Waals surface area contributed by atoms with Crippen LogP contribution in [0.15, 0.2) is 45.7 Å². The minimum Gasteiger partial charge on any atom is -0.376 e. The van der Waals surface area contributed by atoms with E-state index in [0.29, 0.717) is 23.2 Å². The molecule has 1 aliphatic heterocycles. The zero-order chi connectivity index (χ0) is 22.0. The van der Waals surface area contributed by atoms with E-state index in [-0.39, 0.29) is 28.6 Å². The lowest BCUT2D eigenvalue weighted by molar-refractivity contribution is -0.198. The van der Waals surface area contributed by atoms with E-state index in [1.807, 2.05) is 25.3 Å². The lowest BCUT2D eigenvalue weighted by atomic mass is 10.1. The van der Waals surface area contributed by atoms with Crippen molar-refractivity contribution in [3.8, 4) is 11.3 Å². The van der Waals surface area contributed by atoms with Gasteiger partial charge in [0.15, 0.2) is 0 Å². The minimum atomic E-state index is -0.327. The molecule has 1 N–H and O–H groups in total. The highest BCUT2D eigenvalue weighted by atomic mass is 35.5. The summed E-state index contributed by atoms with van der Waals surface area (Å²) < 4.78 is 19.4. The predicted molar refractivity (Wildman–Crippen MR) is 123 cm³/mol. The van der Waals surface area contributed by atoms with Crippen molar-refractivity contribution >= 4 is 46.3 Å². The summed E-state index contributed by atoms with van der Waals surface area (Å²) in [6, 6.07) is 5.49. The average molecular weight is 502 g/mol. The molecule has 7 nitrogen and oxygen atoms in total. The van der Waals surface area contributed by atoms with Crippen LogP contribution in [-0.4, -0.2) is 52.2 Å². The number of methoxy groups -OCH3 is 1. The molecule has 0 radical (unpaired) electrons. The van der Waals surface area contributed by atoms with Gasteiger partial charge in [0, 0.05) is 29.1 Å². The second kappa shape index (κ2) is 10.1. The van der Waals surface area contributed by atoms with Crippen molar-refractivity contribution in [3.63, 3.8) is 0 Å². The molecule has 0 saturated carbocycles. The quantitative estimate of drug-likeness (QED) is 0.342. The zero-order valence-electron chi connectivity index (χ0n) is 16.8. The molecule has 1 fully saturated rings. The molecular weight excluding hydrogens is 481 g/mol. The molecule has 4 atom stereocenters. The Morgan fingerprint density at radius 3 is 2.87 bits per heavy atom. The van der Waals surface area contributed by atoms with E-state index in [1.54, 1.807) is 29.4 Å². The maximum Gasteiger partial charge on any atom is 0.304 e. The van der Waals surface area contributed by atoms with Gasteiger partial charge in [0.05, 0.1) is 41.2 Å². The van der Waals surface area contributed by atoms with Gasteiger partial charge < -0.3 is 19.2 Å². The van der Waals surface area contributed by atoms with Crippen molar-refractivity contribution in [2.45, 2.75) is 42.1 Å². The van der Waals surface area contributed by atoms with Gasteiger partial charge in [-0.15, -0.1) is 0 Å². The van der Waals surface area contributed by atoms with Crippen LogP contribution in [0, 0.1) is 0 Å². The molecule has 3 heterocycles. The first-order valence-electron chi connectivity index (χ1n) is 9.55. The molecule has 1 aromatic carbocycles. The Balaban J connectivity index is 1.52. The summed E-state index contributed by atoms with van der Waals surface area (Å²) in [7, 11) is 1.65. The number of thiazole rings is 1. The van der Waals surface area contributed by atoms with Gasteiger partial charge in [-0.1, -0.05) is 46.3 Å². The van der Waals surface area contributed by atoms with E-state index in [9.17, 15) is 4.79 Å². The van der Waals surface area contributed by atoms with Crippen LogP contribution < -0.4 is 4.87 Å². The predicted octanol–water partition coefficient (Wildman–Crippen LogP) is 4.54. The Morgan fingerprint density at radius 1 is 1.42 bits per heavy atom. The Bertz CT molecular complexity index is 1090. The summed E-state index contributed by atoms with van der Waals surface area (Å²) in [5.41, 5.74) is 1.25. The maximum absolute atomic E-state index is 11.4. The highest BCUT2D eigenvalue weighted by Crippen LogP contribution is 2.35. The fraction of sp³-hybridized carbons (Fsp3) is 0.400. The van der Waals surface area contributed by atoms with Gasteiger partial charge in [0.2, 0.25) is 0 Å². The number of H-pyrrole nitrogens is 1. The largest absolute Gasteiger partial charge is 0.376 e. The topological polar surface area (TPSA) is 78.4 Å². The lowest BCUT2D eigenvalue weighted by Gasteiger charge is -2.38. The van der Waals surface area contributed by atoms with Gasteiger partial charge in [0.25, 0.3) is 0 Å². The van der Waals surface area contributed by atoms with Gasteiger partial charge in [-0.05, 0) is 25.1 Å². The fourth-order valence-electron chi connectivity index (χ4n) is 3.05. The first kappa shape index (κ1) is 22.8. The monoisotopic (exact) mass is 501 g/mol. The van der Waals surface area contributed by atoms with Crippen LogP contribution in [0.3, 0.4) is 0 Å². The molecule has 4 rings (SSSR count). The summed E-state index contributed by atoms with van der Waals surface area (Å²) in [5, 5.41) is 7.19. The van der Waals surface area contributed by atoms with Gasteiger partial charge in [-0.25, -0.2) is 0 Å².